The molecular formula is C30H25F4N3O4. The van der Waals surface area contributed by atoms with E-state index in [1.165, 1.54) is 7.11 Å². The summed E-state index contributed by atoms with van der Waals surface area (Å²) in [6, 6.07) is 12.1. The number of alkyl halides is 3. The first kappa shape index (κ1) is 26.8. The van der Waals surface area contributed by atoms with Crippen molar-refractivity contribution in [1.82, 2.24) is 15.2 Å². The van der Waals surface area contributed by atoms with Gasteiger partial charge in [-0.3, -0.25) is 9.89 Å². The van der Waals surface area contributed by atoms with Crippen LogP contribution in [-0.4, -0.2) is 34.9 Å². The topological polar surface area (TPSA) is 86.3 Å². The summed E-state index contributed by atoms with van der Waals surface area (Å²) in [6.45, 7) is 2.06. The summed E-state index contributed by atoms with van der Waals surface area (Å²) >= 11 is 0. The molecule has 1 aliphatic heterocycles. The van der Waals surface area contributed by atoms with Crippen LogP contribution < -0.4 is 9.47 Å². The van der Waals surface area contributed by atoms with E-state index in [0.29, 0.717) is 53.4 Å². The number of nitrogens with zero attached hydrogens (tertiary/aromatic N) is 2. The third-order valence-corrected chi connectivity index (χ3v) is 7.52. The lowest BCUT2D eigenvalue weighted by molar-refractivity contribution is -0.141. The molecule has 2 aliphatic rings. The molecule has 1 N–H and O–H groups in total. The molecule has 1 aliphatic carbocycles. The Kier molecular flexibility index (Phi) is 6.67. The van der Waals surface area contributed by atoms with E-state index in [9.17, 15) is 18.0 Å². The standard InChI is InChI=1S/C30H25F4N3O4/c1-15-35-29(37-36-15)17-5-3-16(4-6-17)27-21-9-10-24(28(21)23(31)13-22(27)30(32,33)34)41-19-7-8-20-18(11-26(38)39-2)14-40-25(20)12-19/h3-8,12-13,18,24H,9-11,14H2,1-2H3,(H,35,36,37)/t18-,24-/m1/s1. The summed E-state index contributed by atoms with van der Waals surface area (Å²) in [5.41, 5.74) is 1.10. The van der Waals surface area contributed by atoms with Gasteiger partial charge in [0.05, 0.1) is 25.7 Å². The number of aromatic amines is 1. The lowest BCUT2D eigenvalue weighted by Gasteiger charge is -2.21. The number of halogens is 4. The molecule has 212 valence electrons. The van der Waals surface area contributed by atoms with Crippen molar-refractivity contribution < 1.29 is 36.6 Å². The Hall–Kier alpha value is -4.41. The van der Waals surface area contributed by atoms with Gasteiger partial charge in [-0.2, -0.15) is 18.3 Å². The van der Waals surface area contributed by atoms with Crippen LogP contribution in [0.25, 0.3) is 22.5 Å². The molecule has 4 aromatic rings. The van der Waals surface area contributed by atoms with E-state index >= 15 is 4.39 Å². The van der Waals surface area contributed by atoms with E-state index in [-0.39, 0.29) is 41.4 Å². The van der Waals surface area contributed by atoms with Crippen LogP contribution in [0.1, 0.15) is 52.9 Å². The first-order valence-corrected chi connectivity index (χ1v) is 13.0. The second kappa shape index (κ2) is 10.2. The summed E-state index contributed by atoms with van der Waals surface area (Å²) in [6.07, 6.45) is -4.86. The summed E-state index contributed by atoms with van der Waals surface area (Å²) in [5, 5.41) is 6.84. The highest BCUT2D eigenvalue weighted by molar-refractivity contribution is 5.76. The van der Waals surface area contributed by atoms with Crippen molar-refractivity contribution in [2.45, 2.75) is 44.4 Å². The fraction of sp³-hybridized carbons (Fsp3) is 0.300. The van der Waals surface area contributed by atoms with Crippen LogP contribution in [0.5, 0.6) is 11.5 Å². The summed E-state index contributed by atoms with van der Waals surface area (Å²) in [7, 11) is 1.33. The minimum Gasteiger partial charge on any atom is -0.492 e. The van der Waals surface area contributed by atoms with Crippen molar-refractivity contribution in [3.8, 4) is 34.0 Å². The second-order valence-corrected chi connectivity index (χ2v) is 10.1. The van der Waals surface area contributed by atoms with E-state index < -0.39 is 23.7 Å². The van der Waals surface area contributed by atoms with Crippen LogP contribution in [0.3, 0.4) is 0 Å². The number of carbonyl (C=O) groups excluding carboxylic acids is 1. The second-order valence-electron chi connectivity index (χ2n) is 10.1. The Bertz CT molecular complexity index is 1630. The number of aromatic nitrogens is 3. The zero-order chi connectivity index (χ0) is 28.9. The molecule has 1 aromatic heterocycles. The zero-order valence-corrected chi connectivity index (χ0v) is 22.1. The number of esters is 1. The highest BCUT2D eigenvalue weighted by Crippen LogP contribution is 2.48. The van der Waals surface area contributed by atoms with Gasteiger partial charge in [0.2, 0.25) is 0 Å². The normalized spacial score (nSPS) is 17.6. The predicted octanol–water partition coefficient (Wildman–Crippen LogP) is 6.71. The van der Waals surface area contributed by atoms with Crippen LogP contribution in [0.2, 0.25) is 0 Å². The van der Waals surface area contributed by atoms with Crippen molar-refractivity contribution in [2.75, 3.05) is 13.7 Å². The largest absolute Gasteiger partial charge is 0.492 e. The smallest absolute Gasteiger partial charge is 0.417 e. The maximum atomic E-state index is 15.4. The Labute approximate surface area is 232 Å². The van der Waals surface area contributed by atoms with Crippen molar-refractivity contribution in [2.24, 2.45) is 0 Å². The first-order chi connectivity index (χ1) is 19.6. The van der Waals surface area contributed by atoms with Gasteiger partial charge in [0.25, 0.3) is 0 Å². The molecule has 7 nitrogen and oxygen atoms in total. The summed E-state index contributed by atoms with van der Waals surface area (Å²) in [5.74, 6) is 0.527. The third-order valence-electron chi connectivity index (χ3n) is 7.52. The van der Waals surface area contributed by atoms with Gasteiger partial charge in [-0.25, -0.2) is 9.37 Å². The number of benzene rings is 3. The van der Waals surface area contributed by atoms with E-state index in [1.807, 2.05) is 0 Å². The number of nitrogens with one attached hydrogen (secondary N) is 1. The van der Waals surface area contributed by atoms with Crippen LogP contribution >= 0.6 is 0 Å². The Balaban J connectivity index is 1.33. The van der Waals surface area contributed by atoms with E-state index in [0.717, 1.165) is 5.56 Å². The average molecular weight is 568 g/mol. The maximum absolute atomic E-state index is 15.4. The van der Waals surface area contributed by atoms with Crippen LogP contribution in [-0.2, 0) is 22.1 Å². The molecule has 0 fully saturated rings. The SMILES string of the molecule is COC(=O)C[C@@H]1COc2cc(O[C@@H]3CCc4c(-c5ccc(-c6n[nH]c(C)n6)cc5)c(C(F)(F)F)cc(F)c43)ccc21. The average Bonchev–Trinajstić information content (AvgIpc) is 3.67. The molecular weight excluding hydrogens is 542 g/mol. The van der Waals surface area contributed by atoms with Crippen LogP contribution in [0, 0.1) is 12.7 Å². The molecule has 0 saturated carbocycles. The summed E-state index contributed by atoms with van der Waals surface area (Å²) < 4.78 is 74.5. The monoisotopic (exact) mass is 567 g/mol. The number of ether oxygens (including phenoxy) is 3. The highest BCUT2D eigenvalue weighted by atomic mass is 19.4. The molecule has 0 saturated heterocycles. The summed E-state index contributed by atoms with van der Waals surface area (Å²) in [4.78, 5) is 16.0. The minimum atomic E-state index is -4.76. The number of hydrogen-bond donors (Lipinski definition) is 1. The number of aryl methyl sites for hydroxylation is 1. The number of carbonyl (C=O) groups is 1. The predicted molar refractivity (Wildman–Crippen MR) is 140 cm³/mol. The fourth-order valence-corrected chi connectivity index (χ4v) is 5.62. The molecule has 0 unspecified atom stereocenters. The number of methoxy groups -OCH3 is 1. The third kappa shape index (κ3) is 5.00. The van der Waals surface area contributed by atoms with E-state index in [2.05, 4.69) is 15.2 Å². The molecule has 2 heterocycles. The molecule has 0 radical (unpaired) electrons. The molecule has 6 rings (SSSR count). The minimum absolute atomic E-state index is 0.0549. The van der Waals surface area contributed by atoms with Crippen molar-refractivity contribution in [3.05, 3.63) is 82.4 Å². The first-order valence-electron chi connectivity index (χ1n) is 13.0. The van der Waals surface area contributed by atoms with Gasteiger partial charge in [-0.15, -0.1) is 0 Å². The molecule has 0 bridgehead atoms. The van der Waals surface area contributed by atoms with Gasteiger partial charge in [0.1, 0.15) is 29.2 Å². The zero-order valence-electron chi connectivity index (χ0n) is 22.1. The molecule has 11 heteroatoms. The van der Waals surface area contributed by atoms with Crippen LogP contribution in [0.4, 0.5) is 17.6 Å². The Morgan fingerprint density at radius 1 is 1.12 bits per heavy atom. The maximum Gasteiger partial charge on any atom is 0.417 e. The molecule has 41 heavy (non-hydrogen) atoms. The van der Waals surface area contributed by atoms with Gasteiger partial charge in [-0.1, -0.05) is 30.3 Å². The number of fused-ring (bicyclic) bond motifs is 2. The quantitative estimate of drug-likeness (QED) is 0.206. The van der Waals surface area contributed by atoms with E-state index in [1.54, 1.807) is 49.4 Å². The number of H-pyrrole nitrogens is 1. The lowest BCUT2D eigenvalue weighted by atomic mass is 9.90. The van der Waals surface area contributed by atoms with Gasteiger partial charge >= 0.3 is 12.1 Å². The van der Waals surface area contributed by atoms with Gasteiger partial charge < -0.3 is 14.2 Å². The highest BCUT2D eigenvalue weighted by Gasteiger charge is 2.40. The molecule has 0 amide bonds. The van der Waals surface area contributed by atoms with Gasteiger partial charge in [0.15, 0.2) is 5.82 Å². The van der Waals surface area contributed by atoms with Gasteiger partial charge in [0, 0.05) is 28.7 Å². The Morgan fingerprint density at radius 2 is 1.88 bits per heavy atom. The lowest BCUT2D eigenvalue weighted by Crippen LogP contribution is -2.12. The molecule has 3 aromatic carbocycles. The Morgan fingerprint density at radius 3 is 2.56 bits per heavy atom. The van der Waals surface area contributed by atoms with Crippen LogP contribution in [0.15, 0.2) is 48.5 Å². The molecule has 2 atom stereocenters. The van der Waals surface area contributed by atoms with E-state index in [4.69, 9.17) is 14.2 Å². The molecule has 0 spiro atoms. The van der Waals surface area contributed by atoms with Crippen molar-refractivity contribution in [3.63, 3.8) is 0 Å². The fourth-order valence-electron chi connectivity index (χ4n) is 5.62. The van der Waals surface area contributed by atoms with Crippen molar-refractivity contribution >= 4 is 5.97 Å². The van der Waals surface area contributed by atoms with Crippen molar-refractivity contribution in [1.29, 1.82) is 0 Å². The number of hydrogen-bond acceptors (Lipinski definition) is 6. The number of rotatable bonds is 6. The van der Waals surface area contributed by atoms with Gasteiger partial charge in [-0.05, 0) is 48.6 Å².